The van der Waals surface area contributed by atoms with Crippen LogP contribution in [0.1, 0.15) is 10.6 Å². The highest BCUT2D eigenvalue weighted by Crippen LogP contribution is 2.30. The number of hydrogen-bond donors (Lipinski definition) is 0. The van der Waals surface area contributed by atoms with Crippen molar-refractivity contribution in [2.45, 2.75) is 13.8 Å². The Balaban J connectivity index is 2.29. The molecule has 0 aliphatic rings. The zero-order valence-electron chi connectivity index (χ0n) is 11.5. The first-order valence-corrected chi connectivity index (χ1v) is 7.75. The molecular weight excluding hydrogens is 282 g/mol. The highest BCUT2D eigenvalue weighted by molar-refractivity contribution is 7.73. The fourth-order valence-corrected chi connectivity index (χ4v) is 3.79. The first-order valence-electron chi connectivity index (χ1n) is 6.52. The number of aryl methyl sites for hydroxylation is 1. The minimum Gasteiger partial charge on any atom is -0.295 e. The average molecular weight is 297 g/mol. The van der Waals surface area contributed by atoms with E-state index >= 15 is 0 Å². The maximum Gasteiger partial charge on any atom is 0.166 e. The average Bonchev–Trinajstić information content (AvgIpc) is 2.73. The van der Waals surface area contributed by atoms with Crippen molar-refractivity contribution >= 4 is 23.6 Å². The van der Waals surface area contributed by atoms with Gasteiger partial charge < -0.3 is 0 Å². The molecule has 0 saturated carbocycles. The van der Waals surface area contributed by atoms with Gasteiger partial charge in [-0.2, -0.15) is 0 Å². The van der Waals surface area contributed by atoms with Gasteiger partial charge in [-0.3, -0.25) is 4.57 Å². The van der Waals surface area contributed by atoms with Gasteiger partial charge in [-0.15, -0.1) is 11.3 Å². The van der Waals surface area contributed by atoms with Gasteiger partial charge >= 0.3 is 0 Å². The third-order valence-electron chi connectivity index (χ3n) is 3.50. The van der Waals surface area contributed by atoms with E-state index in [4.69, 9.17) is 12.2 Å². The summed E-state index contributed by atoms with van der Waals surface area (Å²) in [5.74, 6) is 0. The molecule has 3 aromatic rings. The number of aromatic nitrogens is 1. The molecule has 0 fully saturated rings. The minimum atomic E-state index is 0.906. The Kier molecular flexibility index (Phi) is 3.55. The highest BCUT2D eigenvalue weighted by atomic mass is 32.1. The van der Waals surface area contributed by atoms with E-state index in [-0.39, 0.29) is 0 Å². The smallest absolute Gasteiger partial charge is 0.166 e. The fourth-order valence-electron chi connectivity index (χ4n) is 2.35. The van der Waals surface area contributed by atoms with Crippen LogP contribution in [0.3, 0.4) is 0 Å². The van der Waals surface area contributed by atoms with E-state index in [1.54, 1.807) is 11.3 Å². The van der Waals surface area contributed by atoms with Crippen LogP contribution in [0.25, 0.3) is 16.8 Å². The SMILES string of the molecule is Cc1sc(=S)n(-c2ccccc2-c2ccccc2)c1C. The van der Waals surface area contributed by atoms with Gasteiger partial charge in [0.05, 0.1) is 5.69 Å². The molecule has 2 aromatic carbocycles. The van der Waals surface area contributed by atoms with E-state index < -0.39 is 0 Å². The van der Waals surface area contributed by atoms with Gasteiger partial charge in [0.2, 0.25) is 0 Å². The van der Waals surface area contributed by atoms with Crippen molar-refractivity contribution in [3.63, 3.8) is 0 Å². The van der Waals surface area contributed by atoms with E-state index in [0.29, 0.717) is 0 Å². The van der Waals surface area contributed by atoms with Crippen LogP contribution in [-0.4, -0.2) is 4.57 Å². The zero-order chi connectivity index (χ0) is 14.1. The number of hydrogen-bond acceptors (Lipinski definition) is 2. The molecule has 100 valence electrons. The van der Waals surface area contributed by atoms with Gasteiger partial charge in [0, 0.05) is 16.1 Å². The number of rotatable bonds is 2. The molecule has 20 heavy (non-hydrogen) atoms. The van der Waals surface area contributed by atoms with Crippen LogP contribution in [-0.2, 0) is 0 Å². The second kappa shape index (κ2) is 5.35. The van der Waals surface area contributed by atoms with E-state index in [2.05, 4.69) is 66.9 Å². The predicted molar refractivity (Wildman–Crippen MR) is 89.4 cm³/mol. The topological polar surface area (TPSA) is 4.93 Å². The van der Waals surface area contributed by atoms with Crippen LogP contribution in [0.15, 0.2) is 54.6 Å². The summed E-state index contributed by atoms with van der Waals surface area (Å²) in [7, 11) is 0. The second-order valence-electron chi connectivity index (χ2n) is 4.73. The maximum absolute atomic E-state index is 5.53. The first-order chi connectivity index (χ1) is 9.68. The minimum absolute atomic E-state index is 0.906. The van der Waals surface area contributed by atoms with Gasteiger partial charge in [-0.25, -0.2) is 0 Å². The Hall–Kier alpha value is -1.71. The Labute approximate surface area is 128 Å². The van der Waals surface area contributed by atoms with Crippen LogP contribution in [0, 0.1) is 17.8 Å². The van der Waals surface area contributed by atoms with Gasteiger partial charge in [0.15, 0.2) is 3.95 Å². The molecule has 0 saturated heterocycles. The van der Waals surface area contributed by atoms with Crippen molar-refractivity contribution in [1.29, 1.82) is 0 Å². The molecule has 1 nitrogen and oxygen atoms in total. The number of para-hydroxylation sites is 1. The van der Waals surface area contributed by atoms with Crippen molar-refractivity contribution in [1.82, 2.24) is 4.57 Å². The number of benzene rings is 2. The molecule has 0 amide bonds. The standard InChI is InChI=1S/C17H15NS2/c1-12-13(2)20-17(19)18(12)16-11-7-6-10-15(16)14-8-4-3-5-9-14/h3-11H,1-2H3. The summed E-state index contributed by atoms with van der Waals surface area (Å²) in [4.78, 5) is 1.28. The summed E-state index contributed by atoms with van der Waals surface area (Å²) in [6, 6.07) is 18.9. The normalized spacial score (nSPS) is 10.7. The predicted octanol–water partition coefficient (Wildman–Crippen LogP) is 5.55. The third-order valence-corrected chi connectivity index (χ3v) is 4.89. The number of nitrogens with zero attached hydrogens (tertiary/aromatic N) is 1. The molecule has 3 heteroatoms. The second-order valence-corrected chi connectivity index (χ2v) is 6.58. The molecule has 0 unspecified atom stereocenters. The molecule has 1 aromatic heterocycles. The zero-order valence-corrected chi connectivity index (χ0v) is 13.1. The molecule has 0 radical (unpaired) electrons. The molecular formula is C17H15NS2. The van der Waals surface area contributed by atoms with Crippen molar-refractivity contribution in [2.24, 2.45) is 0 Å². The Morgan fingerprint density at radius 2 is 1.55 bits per heavy atom. The Morgan fingerprint density at radius 3 is 2.20 bits per heavy atom. The van der Waals surface area contributed by atoms with Gasteiger partial charge in [-0.05, 0) is 37.7 Å². The Bertz CT molecular complexity index is 797. The molecule has 0 atom stereocenters. The van der Waals surface area contributed by atoms with Crippen LogP contribution in [0.2, 0.25) is 0 Å². The maximum atomic E-state index is 5.53. The summed E-state index contributed by atoms with van der Waals surface area (Å²) >= 11 is 7.21. The summed E-state index contributed by atoms with van der Waals surface area (Å²) < 4.78 is 3.08. The molecule has 0 N–H and O–H groups in total. The van der Waals surface area contributed by atoms with Crippen LogP contribution < -0.4 is 0 Å². The van der Waals surface area contributed by atoms with E-state index in [9.17, 15) is 0 Å². The molecule has 0 aliphatic heterocycles. The van der Waals surface area contributed by atoms with E-state index in [1.807, 2.05) is 6.07 Å². The van der Waals surface area contributed by atoms with E-state index in [0.717, 1.165) is 9.64 Å². The fraction of sp³-hybridized carbons (Fsp3) is 0.118. The summed E-state index contributed by atoms with van der Waals surface area (Å²) in [6.07, 6.45) is 0. The van der Waals surface area contributed by atoms with Crippen molar-refractivity contribution in [3.05, 3.63) is 69.1 Å². The molecule has 0 aliphatic carbocycles. The quantitative estimate of drug-likeness (QED) is 0.561. The molecule has 0 bridgehead atoms. The number of thiazole rings is 1. The highest BCUT2D eigenvalue weighted by Gasteiger charge is 2.11. The van der Waals surface area contributed by atoms with Crippen LogP contribution in [0.4, 0.5) is 0 Å². The summed E-state index contributed by atoms with van der Waals surface area (Å²) in [5.41, 5.74) is 4.81. The van der Waals surface area contributed by atoms with Crippen molar-refractivity contribution < 1.29 is 0 Å². The van der Waals surface area contributed by atoms with Gasteiger partial charge in [0.1, 0.15) is 0 Å². The van der Waals surface area contributed by atoms with Crippen molar-refractivity contribution in [2.75, 3.05) is 0 Å². The molecule has 0 spiro atoms. The molecule has 1 heterocycles. The third kappa shape index (κ3) is 2.23. The lowest BCUT2D eigenvalue weighted by molar-refractivity contribution is 0.996. The lowest BCUT2D eigenvalue weighted by Gasteiger charge is -2.12. The summed E-state index contributed by atoms with van der Waals surface area (Å²) in [5, 5.41) is 0. The van der Waals surface area contributed by atoms with Gasteiger partial charge in [0.25, 0.3) is 0 Å². The summed E-state index contributed by atoms with van der Waals surface area (Å²) in [6.45, 7) is 4.25. The van der Waals surface area contributed by atoms with Crippen LogP contribution >= 0.6 is 23.6 Å². The monoisotopic (exact) mass is 297 g/mol. The van der Waals surface area contributed by atoms with E-state index in [1.165, 1.54) is 21.7 Å². The largest absolute Gasteiger partial charge is 0.295 e. The molecule has 3 rings (SSSR count). The Morgan fingerprint density at radius 1 is 0.900 bits per heavy atom. The first kappa shape index (κ1) is 13.3. The lowest BCUT2D eigenvalue weighted by atomic mass is 10.0. The van der Waals surface area contributed by atoms with Crippen LogP contribution in [0.5, 0.6) is 0 Å². The van der Waals surface area contributed by atoms with Crippen molar-refractivity contribution in [3.8, 4) is 16.8 Å². The lowest BCUT2D eigenvalue weighted by Crippen LogP contribution is -1.99. The van der Waals surface area contributed by atoms with Gasteiger partial charge in [-0.1, -0.05) is 48.5 Å².